The molecular formula is C14H23N3O. The molecule has 1 aromatic rings. The van der Waals surface area contributed by atoms with E-state index in [1.54, 1.807) is 0 Å². The van der Waals surface area contributed by atoms with Crippen molar-refractivity contribution in [3.63, 3.8) is 0 Å². The third kappa shape index (κ3) is 2.71. The van der Waals surface area contributed by atoms with Crippen LogP contribution in [0.3, 0.4) is 0 Å². The standard InChI is InChI=1S/C14H23N3O/c1-2-13(15)14(11-5-7-16-8-6-11)17-9-3-4-12(17)10-18/h5-8,12-14,18H,2-4,9-10,15H2,1H3. The van der Waals surface area contributed by atoms with Gasteiger partial charge in [-0.2, -0.15) is 0 Å². The molecule has 2 rings (SSSR count). The van der Waals surface area contributed by atoms with Crippen molar-refractivity contribution in [3.05, 3.63) is 30.1 Å². The van der Waals surface area contributed by atoms with Gasteiger partial charge in [-0.25, -0.2) is 0 Å². The van der Waals surface area contributed by atoms with Crippen molar-refractivity contribution >= 4 is 0 Å². The van der Waals surface area contributed by atoms with E-state index >= 15 is 0 Å². The Bertz CT molecular complexity index is 357. The predicted molar refractivity (Wildman–Crippen MR) is 72.1 cm³/mol. The molecule has 0 radical (unpaired) electrons. The van der Waals surface area contributed by atoms with Crippen molar-refractivity contribution in [3.8, 4) is 0 Å². The summed E-state index contributed by atoms with van der Waals surface area (Å²) in [5, 5.41) is 9.49. The molecular weight excluding hydrogens is 226 g/mol. The Morgan fingerprint density at radius 3 is 2.83 bits per heavy atom. The fourth-order valence-electron chi connectivity index (χ4n) is 2.89. The molecule has 100 valence electrons. The molecule has 0 amide bonds. The van der Waals surface area contributed by atoms with Gasteiger partial charge in [0.2, 0.25) is 0 Å². The molecule has 18 heavy (non-hydrogen) atoms. The highest BCUT2D eigenvalue weighted by atomic mass is 16.3. The van der Waals surface area contributed by atoms with Gasteiger partial charge < -0.3 is 10.8 Å². The summed E-state index contributed by atoms with van der Waals surface area (Å²) >= 11 is 0. The van der Waals surface area contributed by atoms with Crippen LogP contribution in [0.4, 0.5) is 0 Å². The highest BCUT2D eigenvalue weighted by Crippen LogP contribution is 2.31. The number of nitrogens with two attached hydrogens (primary N) is 1. The zero-order chi connectivity index (χ0) is 13.0. The Hall–Kier alpha value is -0.970. The molecule has 1 fully saturated rings. The lowest BCUT2D eigenvalue weighted by Gasteiger charge is -2.36. The summed E-state index contributed by atoms with van der Waals surface area (Å²) < 4.78 is 0. The van der Waals surface area contributed by atoms with Gasteiger partial charge in [0, 0.05) is 24.5 Å². The van der Waals surface area contributed by atoms with Crippen molar-refractivity contribution in [2.75, 3.05) is 13.2 Å². The van der Waals surface area contributed by atoms with E-state index in [0.717, 1.165) is 25.8 Å². The highest BCUT2D eigenvalue weighted by Gasteiger charge is 2.33. The van der Waals surface area contributed by atoms with Crippen LogP contribution in [0.5, 0.6) is 0 Å². The molecule has 4 heteroatoms. The number of likely N-dealkylation sites (tertiary alicyclic amines) is 1. The summed E-state index contributed by atoms with van der Waals surface area (Å²) in [6, 6.07) is 4.61. The Kier molecular flexibility index (Phi) is 4.69. The van der Waals surface area contributed by atoms with E-state index in [0.29, 0.717) is 0 Å². The summed E-state index contributed by atoms with van der Waals surface area (Å²) in [4.78, 5) is 6.43. The predicted octanol–water partition coefficient (Wildman–Crippen LogP) is 1.32. The lowest BCUT2D eigenvalue weighted by atomic mass is 9.96. The molecule has 0 spiro atoms. The van der Waals surface area contributed by atoms with E-state index in [9.17, 15) is 5.11 Å². The molecule has 1 aliphatic rings. The second-order valence-corrected chi connectivity index (χ2v) is 5.01. The SMILES string of the molecule is CCC(N)C(c1ccncc1)N1CCCC1CO. The first-order chi connectivity index (χ1) is 8.77. The molecule has 0 bridgehead atoms. The van der Waals surface area contributed by atoms with Crippen LogP contribution in [-0.4, -0.2) is 40.2 Å². The highest BCUT2D eigenvalue weighted by molar-refractivity contribution is 5.18. The monoisotopic (exact) mass is 249 g/mol. The van der Waals surface area contributed by atoms with Crippen molar-refractivity contribution in [1.82, 2.24) is 9.88 Å². The zero-order valence-electron chi connectivity index (χ0n) is 11.0. The fraction of sp³-hybridized carbons (Fsp3) is 0.643. The second-order valence-electron chi connectivity index (χ2n) is 5.01. The van der Waals surface area contributed by atoms with Gasteiger partial charge in [-0.05, 0) is 43.5 Å². The molecule has 1 aliphatic heterocycles. The van der Waals surface area contributed by atoms with Crippen LogP contribution in [0.1, 0.15) is 37.8 Å². The maximum Gasteiger partial charge on any atom is 0.0587 e. The lowest BCUT2D eigenvalue weighted by molar-refractivity contribution is 0.104. The largest absolute Gasteiger partial charge is 0.395 e. The number of rotatable bonds is 5. The van der Waals surface area contributed by atoms with E-state index in [-0.39, 0.29) is 24.7 Å². The zero-order valence-corrected chi connectivity index (χ0v) is 11.0. The number of aliphatic hydroxyl groups is 1. The Morgan fingerprint density at radius 1 is 1.50 bits per heavy atom. The summed E-state index contributed by atoms with van der Waals surface area (Å²) in [5.74, 6) is 0. The van der Waals surface area contributed by atoms with Crippen LogP contribution in [0.2, 0.25) is 0 Å². The Balaban J connectivity index is 2.25. The van der Waals surface area contributed by atoms with Crippen molar-refractivity contribution < 1.29 is 5.11 Å². The molecule has 1 aromatic heterocycles. The summed E-state index contributed by atoms with van der Waals surface area (Å²) in [5.41, 5.74) is 7.51. The average Bonchev–Trinajstić information content (AvgIpc) is 2.88. The molecule has 1 saturated heterocycles. The van der Waals surface area contributed by atoms with E-state index in [1.807, 2.05) is 24.5 Å². The van der Waals surface area contributed by atoms with Crippen LogP contribution < -0.4 is 5.73 Å². The van der Waals surface area contributed by atoms with Crippen LogP contribution in [0, 0.1) is 0 Å². The van der Waals surface area contributed by atoms with Crippen molar-refractivity contribution in [2.24, 2.45) is 5.73 Å². The third-order valence-corrected chi connectivity index (χ3v) is 3.92. The fourth-order valence-corrected chi connectivity index (χ4v) is 2.89. The van der Waals surface area contributed by atoms with Gasteiger partial charge >= 0.3 is 0 Å². The maximum absolute atomic E-state index is 9.49. The van der Waals surface area contributed by atoms with Gasteiger partial charge in [0.15, 0.2) is 0 Å². The molecule has 3 atom stereocenters. The second kappa shape index (κ2) is 6.27. The van der Waals surface area contributed by atoms with Gasteiger partial charge in [-0.15, -0.1) is 0 Å². The van der Waals surface area contributed by atoms with Crippen LogP contribution in [0.15, 0.2) is 24.5 Å². The Labute approximate surface area is 109 Å². The topological polar surface area (TPSA) is 62.4 Å². The molecule has 0 aromatic carbocycles. The normalized spacial score (nSPS) is 24.1. The first kappa shape index (κ1) is 13.5. The number of hydrogen-bond acceptors (Lipinski definition) is 4. The third-order valence-electron chi connectivity index (χ3n) is 3.92. The van der Waals surface area contributed by atoms with Gasteiger partial charge in [-0.3, -0.25) is 9.88 Å². The van der Waals surface area contributed by atoms with Crippen LogP contribution >= 0.6 is 0 Å². The Morgan fingerprint density at radius 2 is 2.22 bits per heavy atom. The molecule has 0 saturated carbocycles. The number of nitrogens with zero attached hydrogens (tertiary/aromatic N) is 2. The lowest BCUT2D eigenvalue weighted by Crippen LogP contribution is -2.44. The minimum atomic E-state index is 0.0968. The number of aliphatic hydroxyl groups excluding tert-OH is 1. The molecule has 2 heterocycles. The van der Waals surface area contributed by atoms with E-state index < -0.39 is 0 Å². The summed E-state index contributed by atoms with van der Waals surface area (Å²) in [6.45, 7) is 3.35. The van der Waals surface area contributed by atoms with Crippen molar-refractivity contribution in [2.45, 2.75) is 44.3 Å². The first-order valence-corrected chi connectivity index (χ1v) is 6.80. The minimum absolute atomic E-state index is 0.0968. The summed E-state index contributed by atoms with van der Waals surface area (Å²) in [6.07, 6.45) is 6.77. The van der Waals surface area contributed by atoms with E-state index in [2.05, 4.69) is 16.8 Å². The first-order valence-electron chi connectivity index (χ1n) is 6.80. The molecule has 3 unspecified atom stereocenters. The van der Waals surface area contributed by atoms with E-state index in [4.69, 9.17) is 5.73 Å². The van der Waals surface area contributed by atoms with Crippen LogP contribution in [-0.2, 0) is 0 Å². The number of aromatic nitrogens is 1. The van der Waals surface area contributed by atoms with Crippen molar-refractivity contribution in [1.29, 1.82) is 0 Å². The van der Waals surface area contributed by atoms with Gasteiger partial charge in [0.25, 0.3) is 0 Å². The number of pyridine rings is 1. The quantitative estimate of drug-likeness (QED) is 0.826. The maximum atomic E-state index is 9.49. The number of hydrogen-bond donors (Lipinski definition) is 2. The average molecular weight is 249 g/mol. The van der Waals surface area contributed by atoms with Gasteiger partial charge in [0.1, 0.15) is 0 Å². The molecule has 0 aliphatic carbocycles. The molecule has 4 nitrogen and oxygen atoms in total. The summed E-state index contributed by atoms with van der Waals surface area (Å²) in [7, 11) is 0. The van der Waals surface area contributed by atoms with Gasteiger partial charge in [-0.1, -0.05) is 6.92 Å². The van der Waals surface area contributed by atoms with E-state index in [1.165, 1.54) is 5.56 Å². The smallest absolute Gasteiger partial charge is 0.0587 e. The molecule has 3 N–H and O–H groups in total. The van der Waals surface area contributed by atoms with Crippen LogP contribution in [0.25, 0.3) is 0 Å². The van der Waals surface area contributed by atoms with Gasteiger partial charge in [0.05, 0.1) is 12.6 Å². The minimum Gasteiger partial charge on any atom is -0.395 e.